The number of carboxylic acids is 1. The van der Waals surface area contributed by atoms with Crippen LogP contribution in [0.5, 0.6) is 0 Å². The van der Waals surface area contributed by atoms with E-state index >= 15 is 0 Å². The Bertz CT molecular complexity index is 628. The zero-order chi connectivity index (χ0) is 13.3. The SMILES string of the molecule is Cc1ccc(-c2cnc(Cl)cc2C(=O)O)c(F)c1. The molecular formula is C13H9ClFNO2. The van der Waals surface area contributed by atoms with Crippen molar-refractivity contribution in [2.45, 2.75) is 6.92 Å². The molecule has 5 heteroatoms. The number of aromatic carboxylic acids is 1. The number of halogens is 2. The molecule has 0 atom stereocenters. The van der Waals surface area contributed by atoms with Crippen LogP contribution >= 0.6 is 11.6 Å². The van der Waals surface area contributed by atoms with Crippen LogP contribution in [0.25, 0.3) is 11.1 Å². The van der Waals surface area contributed by atoms with Crippen molar-refractivity contribution in [1.29, 1.82) is 0 Å². The van der Waals surface area contributed by atoms with Gasteiger partial charge in [-0.1, -0.05) is 23.7 Å². The first kappa shape index (κ1) is 12.5. The van der Waals surface area contributed by atoms with Crippen molar-refractivity contribution in [1.82, 2.24) is 4.98 Å². The Balaban J connectivity index is 2.67. The van der Waals surface area contributed by atoms with Crippen molar-refractivity contribution in [3.05, 3.63) is 52.6 Å². The molecule has 0 bridgehead atoms. The minimum atomic E-state index is -1.17. The normalized spacial score (nSPS) is 10.4. The van der Waals surface area contributed by atoms with E-state index in [0.29, 0.717) is 0 Å². The number of hydrogen-bond donors (Lipinski definition) is 1. The third-order valence-corrected chi connectivity index (χ3v) is 2.72. The molecule has 0 saturated heterocycles. The highest BCUT2D eigenvalue weighted by Gasteiger charge is 2.16. The first-order valence-corrected chi connectivity index (χ1v) is 5.52. The molecule has 0 unspecified atom stereocenters. The fraction of sp³-hybridized carbons (Fsp3) is 0.0769. The van der Waals surface area contributed by atoms with Crippen molar-refractivity contribution in [2.24, 2.45) is 0 Å². The molecular weight excluding hydrogens is 257 g/mol. The Hall–Kier alpha value is -1.94. The van der Waals surface area contributed by atoms with Crippen LogP contribution in [0.3, 0.4) is 0 Å². The van der Waals surface area contributed by atoms with Crippen molar-refractivity contribution < 1.29 is 14.3 Å². The van der Waals surface area contributed by atoms with Gasteiger partial charge in [0.2, 0.25) is 0 Å². The highest BCUT2D eigenvalue weighted by molar-refractivity contribution is 6.29. The van der Waals surface area contributed by atoms with E-state index in [0.717, 1.165) is 5.56 Å². The molecule has 2 rings (SSSR count). The van der Waals surface area contributed by atoms with E-state index in [1.54, 1.807) is 13.0 Å². The van der Waals surface area contributed by atoms with Gasteiger partial charge in [-0.3, -0.25) is 0 Å². The van der Waals surface area contributed by atoms with Crippen LogP contribution in [0, 0.1) is 12.7 Å². The maximum Gasteiger partial charge on any atom is 0.336 e. The monoisotopic (exact) mass is 265 g/mol. The van der Waals surface area contributed by atoms with E-state index in [-0.39, 0.29) is 21.8 Å². The lowest BCUT2D eigenvalue weighted by Gasteiger charge is -2.08. The summed E-state index contributed by atoms with van der Waals surface area (Å²) >= 11 is 5.65. The second-order valence-electron chi connectivity index (χ2n) is 3.84. The number of hydrogen-bond acceptors (Lipinski definition) is 2. The lowest BCUT2D eigenvalue weighted by Crippen LogP contribution is -2.01. The molecule has 92 valence electrons. The Morgan fingerprint density at radius 2 is 2.06 bits per heavy atom. The second-order valence-corrected chi connectivity index (χ2v) is 4.23. The average molecular weight is 266 g/mol. The second kappa shape index (κ2) is 4.74. The van der Waals surface area contributed by atoms with Crippen LogP contribution in [-0.4, -0.2) is 16.1 Å². The molecule has 0 aliphatic heterocycles. The molecule has 1 heterocycles. The fourth-order valence-corrected chi connectivity index (χ4v) is 1.82. The van der Waals surface area contributed by atoms with Crippen molar-refractivity contribution in [3.63, 3.8) is 0 Å². The summed E-state index contributed by atoms with van der Waals surface area (Å²) < 4.78 is 13.8. The van der Waals surface area contributed by atoms with Crippen molar-refractivity contribution in [2.75, 3.05) is 0 Å². The van der Waals surface area contributed by atoms with Crippen LogP contribution in [-0.2, 0) is 0 Å². The average Bonchev–Trinajstić information content (AvgIpc) is 2.29. The molecule has 18 heavy (non-hydrogen) atoms. The number of aryl methyl sites for hydroxylation is 1. The van der Waals surface area contributed by atoms with Gasteiger partial charge in [-0.2, -0.15) is 0 Å². The molecule has 0 aliphatic carbocycles. The number of benzene rings is 1. The van der Waals surface area contributed by atoms with E-state index in [1.807, 2.05) is 0 Å². The molecule has 1 aromatic heterocycles. The minimum Gasteiger partial charge on any atom is -0.478 e. The quantitative estimate of drug-likeness (QED) is 0.845. The lowest BCUT2D eigenvalue weighted by atomic mass is 10.0. The van der Waals surface area contributed by atoms with Gasteiger partial charge in [0.25, 0.3) is 0 Å². The number of rotatable bonds is 2. The lowest BCUT2D eigenvalue weighted by molar-refractivity contribution is 0.0697. The predicted molar refractivity (Wildman–Crippen MR) is 66.3 cm³/mol. The fourth-order valence-electron chi connectivity index (χ4n) is 1.66. The summed E-state index contributed by atoms with van der Waals surface area (Å²) in [7, 11) is 0. The van der Waals surface area contributed by atoms with Gasteiger partial charge in [-0.15, -0.1) is 0 Å². The molecule has 2 aromatic rings. The maximum atomic E-state index is 13.8. The summed E-state index contributed by atoms with van der Waals surface area (Å²) in [5.41, 5.74) is 1.10. The molecule has 0 aliphatic rings. The maximum absolute atomic E-state index is 13.8. The zero-order valence-corrected chi connectivity index (χ0v) is 10.2. The number of pyridine rings is 1. The third kappa shape index (κ3) is 2.33. The largest absolute Gasteiger partial charge is 0.478 e. The molecule has 3 nitrogen and oxygen atoms in total. The summed E-state index contributed by atoms with van der Waals surface area (Å²) in [6.45, 7) is 1.76. The first-order chi connectivity index (χ1) is 8.49. The number of carboxylic acid groups (broad SMARTS) is 1. The number of aromatic nitrogens is 1. The van der Waals surface area contributed by atoms with Crippen LogP contribution in [0.15, 0.2) is 30.5 Å². The summed E-state index contributed by atoms with van der Waals surface area (Å²) in [6, 6.07) is 5.79. The van der Waals surface area contributed by atoms with Crippen molar-refractivity contribution in [3.8, 4) is 11.1 Å². The van der Waals surface area contributed by atoms with Crippen LogP contribution in [0.2, 0.25) is 5.15 Å². The van der Waals surface area contributed by atoms with E-state index in [4.69, 9.17) is 16.7 Å². The van der Waals surface area contributed by atoms with Gasteiger partial charge in [0.1, 0.15) is 11.0 Å². The van der Waals surface area contributed by atoms with Gasteiger partial charge in [-0.25, -0.2) is 14.2 Å². The minimum absolute atomic E-state index is 0.0590. The van der Waals surface area contributed by atoms with Gasteiger partial charge >= 0.3 is 5.97 Å². The highest BCUT2D eigenvalue weighted by atomic mass is 35.5. The van der Waals surface area contributed by atoms with Crippen LogP contribution in [0.1, 0.15) is 15.9 Å². The van der Waals surface area contributed by atoms with Gasteiger partial charge in [0.05, 0.1) is 5.56 Å². The molecule has 1 N–H and O–H groups in total. The molecule has 0 amide bonds. The summed E-state index contributed by atoms with van der Waals surface area (Å²) in [5, 5.41) is 9.15. The van der Waals surface area contributed by atoms with Crippen molar-refractivity contribution >= 4 is 17.6 Å². The Kier molecular flexibility index (Phi) is 3.30. The first-order valence-electron chi connectivity index (χ1n) is 5.14. The third-order valence-electron chi connectivity index (χ3n) is 2.52. The molecule has 0 fully saturated rings. The summed E-state index contributed by atoms with van der Waals surface area (Å²) in [6.07, 6.45) is 1.26. The van der Waals surface area contributed by atoms with E-state index in [9.17, 15) is 9.18 Å². The number of carbonyl (C=O) groups is 1. The van der Waals surface area contributed by atoms with Gasteiger partial charge < -0.3 is 5.11 Å². The number of nitrogens with zero attached hydrogens (tertiary/aromatic N) is 1. The highest BCUT2D eigenvalue weighted by Crippen LogP contribution is 2.27. The predicted octanol–water partition coefficient (Wildman–Crippen LogP) is 3.55. The van der Waals surface area contributed by atoms with Crippen LogP contribution < -0.4 is 0 Å². The Morgan fingerprint density at radius 1 is 1.33 bits per heavy atom. The Morgan fingerprint density at radius 3 is 2.67 bits per heavy atom. The van der Waals surface area contributed by atoms with Crippen LogP contribution in [0.4, 0.5) is 4.39 Å². The van der Waals surface area contributed by atoms with Gasteiger partial charge in [-0.05, 0) is 24.6 Å². The summed E-state index contributed by atoms with van der Waals surface area (Å²) in [4.78, 5) is 14.9. The topological polar surface area (TPSA) is 50.2 Å². The molecule has 0 spiro atoms. The van der Waals surface area contributed by atoms with E-state index < -0.39 is 11.8 Å². The molecule has 0 saturated carbocycles. The molecule has 1 aromatic carbocycles. The summed E-state index contributed by atoms with van der Waals surface area (Å²) in [5.74, 6) is -1.66. The Labute approximate surface area is 108 Å². The van der Waals surface area contributed by atoms with E-state index in [2.05, 4.69) is 4.98 Å². The zero-order valence-electron chi connectivity index (χ0n) is 9.45. The smallest absolute Gasteiger partial charge is 0.336 e. The van der Waals surface area contributed by atoms with Gasteiger partial charge in [0, 0.05) is 17.3 Å². The standard InChI is InChI=1S/C13H9ClFNO2/c1-7-2-3-8(11(15)4-7)10-6-16-12(14)5-9(10)13(17)18/h2-6H,1H3,(H,17,18). The van der Waals surface area contributed by atoms with Gasteiger partial charge in [0.15, 0.2) is 0 Å². The van der Waals surface area contributed by atoms with E-state index in [1.165, 1.54) is 24.4 Å². The molecule has 0 radical (unpaired) electrons.